The van der Waals surface area contributed by atoms with Gasteiger partial charge in [-0.3, -0.25) is 9.36 Å². The van der Waals surface area contributed by atoms with E-state index in [2.05, 4.69) is 15.2 Å². The van der Waals surface area contributed by atoms with Crippen LogP contribution in [-0.2, 0) is 24.2 Å². The molecule has 1 aliphatic carbocycles. The molecule has 1 aromatic heterocycles. The minimum Gasteiger partial charge on any atom is -0.325 e. The first-order valence-corrected chi connectivity index (χ1v) is 10.6. The number of benzene rings is 1. The van der Waals surface area contributed by atoms with Gasteiger partial charge in [0.2, 0.25) is 5.91 Å². The van der Waals surface area contributed by atoms with Gasteiger partial charge >= 0.3 is 5.69 Å². The number of likely N-dealkylation sites (N-methyl/N-ethyl adjacent to an activating group) is 1. The molecule has 28 heavy (non-hydrogen) atoms. The van der Waals surface area contributed by atoms with Crippen molar-refractivity contribution in [3.8, 4) is 0 Å². The maximum absolute atomic E-state index is 12.5. The molecule has 0 unspecified atom stereocenters. The number of nitrogens with zero attached hydrogens (tertiary/aromatic N) is 3. The number of carbonyl (C=O) groups is 1. The number of carbonyl (C=O) groups excluding carboxylic acids is 1. The second kappa shape index (κ2) is 8.92. The summed E-state index contributed by atoms with van der Waals surface area (Å²) in [5.41, 5.74) is 5.17. The fourth-order valence-corrected chi connectivity index (χ4v) is 4.26. The smallest absolute Gasteiger partial charge is 0.325 e. The van der Waals surface area contributed by atoms with E-state index in [1.807, 2.05) is 50.7 Å². The Balaban J connectivity index is 1.70. The van der Waals surface area contributed by atoms with Crippen molar-refractivity contribution in [2.45, 2.75) is 44.7 Å². The largest absolute Gasteiger partial charge is 0.348 e. The maximum Gasteiger partial charge on any atom is 0.348 e. The Labute approximate surface area is 170 Å². The van der Waals surface area contributed by atoms with E-state index in [9.17, 15) is 9.59 Å². The normalized spacial score (nSPS) is 13.0. The third-order valence-electron chi connectivity index (χ3n) is 5.10. The quantitative estimate of drug-likeness (QED) is 0.572. The molecule has 3 rings (SSSR count). The van der Waals surface area contributed by atoms with Gasteiger partial charge in [-0.2, -0.15) is 4.98 Å². The molecule has 0 saturated carbocycles. The van der Waals surface area contributed by atoms with Crippen LogP contribution in [-0.4, -0.2) is 46.8 Å². The van der Waals surface area contributed by atoms with Crippen LogP contribution in [0.4, 0.5) is 5.69 Å². The van der Waals surface area contributed by atoms with Gasteiger partial charge in [0, 0.05) is 30.0 Å². The van der Waals surface area contributed by atoms with Crippen molar-refractivity contribution in [3.63, 3.8) is 0 Å². The van der Waals surface area contributed by atoms with E-state index in [4.69, 9.17) is 0 Å². The lowest BCUT2D eigenvalue weighted by atomic mass is 10.1. The van der Waals surface area contributed by atoms with Crippen LogP contribution in [0.3, 0.4) is 0 Å². The number of aryl methyl sites for hydroxylation is 2. The number of nitrogens with one attached hydrogen (secondary N) is 1. The monoisotopic (exact) mass is 400 g/mol. The Hall–Kier alpha value is -2.12. The van der Waals surface area contributed by atoms with Gasteiger partial charge in [0.25, 0.3) is 0 Å². The summed E-state index contributed by atoms with van der Waals surface area (Å²) in [6.45, 7) is 5.53. The first-order valence-electron chi connectivity index (χ1n) is 9.62. The van der Waals surface area contributed by atoms with Crippen molar-refractivity contribution in [3.05, 3.63) is 51.1 Å². The summed E-state index contributed by atoms with van der Waals surface area (Å²) < 4.78 is 1.81. The van der Waals surface area contributed by atoms with Crippen LogP contribution in [0.2, 0.25) is 0 Å². The molecule has 2 aromatic rings. The number of hydrogen-bond acceptors (Lipinski definition) is 5. The van der Waals surface area contributed by atoms with Crippen LogP contribution in [0.5, 0.6) is 0 Å². The molecule has 0 spiro atoms. The molecule has 0 atom stereocenters. The molecule has 1 heterocycles. The zero-order valence-electron chi connectivity index (χ0n) is 17.0. The summed E-state index contributed by atoms with van der Waals surface area (Å²) in [6.07, 6.45) is 2.86. The Morgan fingerprint density at radius 1 is 1.25 bits per heavy atom. The molecular formula is C21H28N4O2S. The fourth-order valence-electron chi connectivity index (χ4n) is 3.39. The minimum atomic E-state index is -0.209. The predicted molar refractivity (Wildman–Crippen MR) is 114 cm³/mol. The summed E-state index contributed by atoms with van der Waals surface area (Å²) in [5.74, 6) is 0.159. The number of rotatable bonds is 7. The Morgan fingerprint density at radius 3 is 2.75 bits per heavy atom. The van der Waals surface area contributed by atoms with E-state index in [-0.39, 0.29) is 17.3 Å². The van der Waals surface area contributed by atoms with Crippen LogP contribution >= 0.6 is 11.8 Å². The van der Waals surface area contributed by atoms with Crippen LogP contribution in [0, 0.1) is 13.8 Å². The number of anilines is 1. The number of amides is 1. The third kappa shape index (κ3) is 4.83. The van der Waals surface area contributed by atoms with Gasteiger partial charge in [-0.25, -0.2) is 4.79 Å². The molecular weight excluding hydrogens is 372 g/mol. The molecule has 150 valence electrons. The second-order valence-corrected chi connectivity index (χ2v) is 8.53. The topological polar surface area (TPSA) is 67.2 Å². The number of hydrogen-bond donors (Lipinski definition) is 1. The Kier molecular flexibility index (Phi) is 6.57. The third-order valence-corrected chi connectivity index (χ3v) is 6.12. The fraction of sp³-hybridized carbons (Fsp3) is 0.476. The van der Waals surface area contributed by atoms with Gasteiger partial charge in [-0.05, 0) is 70.5 Å². The molecule has 1 aliphatic rings. The Morgan fingerprint density at radius 2 is 2.04 bits per heavy atom. The van der Waals surface area contributed by atoms with Crippen molar-refractivity contribution in [1.29, 1.82) is 0 Å². The molecule has 0 saturated heterocycles. The molecule has 1 amide bonds. The van der Waals surface area contributed by atoms with Crippen LogP contribution in [0.25, 0.3) is 0 Å². The zero-order chi connectivity index (χ0) is 20.3. The number of aromatic nitrogens is 2. The SMILES string of the molecule is Cc1ccc(NC(=O)CSc2nc(=O)n(CCN(C)C)c3c2CCC3)cc1C. The minimum absolute atomic E-state index is 0.0846. The first-order chi connectivity index (χ1) is 13.3. The summed E-state index contributed by atoms with van der Waals surface area (Å²) in [7, 11) is 3.99. The van der Waals surface area contributed by atoms with Crippen molar-refractivity contribution in [1.82, 2.24) is 14.5 Å². The highest BCUT2D eigenvalue weighted by molar-refractivity contribution is 8.00. The molecule has 1 aromatic carbocycles. The first kappa shape index (κ1) is 20.6. The number of fused-ring (bicyclic) bond motifs is 1. The van der Waals surface area contributed by atoms with E-state index >= 15 is 0 Å². The molecule has 6 nitrogen and oxygen atoms in total. The molecule has 0 radical (unpaired) electrons. The molecule has 0 aliphatic heterocycles. The van der Waals surface area contributed by atoms with Gasteiger partial charge in [0.05, 0.1) is 5.75 Å². The highest BCUT2D eigenvalue weighted by Gasteiger charge is 2.22. The standard InChI is InChI=1S/C21H28N4O2S/c1-14-8-9-16(12-15(14)2)22-19(26)13-28-20-17-6-5-7-18(17)25(21(27)23-20)11-10-24(3)4/h8-9,12H,5-7,10-11,13H2,1-4H3,(H,22,26). The number of thioether (sulfide) groups is 1. The van der Waals surface area contributed by atoms with E-state index in [0.717, 1.165) is 48.3 Å². The van der Waals surface area contributed by atoms with E-state index < -0.39 is 0 Å². The van der Waals surface area contributed by atoms with Crippen LogP contribution in [0.1, 0.15) is 28.8 Å². The van der Waals surface area contributed by atoms with Gasteiger partial charge in [-0.1, -0.05) is 17.8 Å². The predicted octanol–water partition coefficient (Wildman–Crippen LogP) is 2.64. The highest BCUT2D eigenvalue weighted by Crippen LogP contribution is 2.29. The Bertz CT molecular complexity index is 937. The average Bonchev–Trinajstić information content (AvgIpc) is 3.11. The van der Waals surface area contributed by atoms with Crippen molar-refractivity contribution in [2.75, 3.05) is 31.7 Å². The molecule has 7 heteroatoms. The lowest BCUT2D eigenvalue weighted by Crippen LogP contribution is -2.31. The maximum atomic E-state index is 12.5. The average molecular weight is 401 g/mol. The van der Waals surface area contributed by atoms with Gasteiger partial charge in [0.15, 0.2) is 0 Å². The van der Waals surface area contributed by atoms with E-state index in [1.165, 1.54) is 17.3 Å². The summed E-state index contributed by atoms with van der Waals surface area (Å²) >= 11 is 1.36. The zero-order valence-corrected chi connectivity index (χ0v) is 17.9. The molecule has 0 fully saturated rings. The van der Waals surface area contributed by atoms with Crippen LogP contribution < -0.4 is 11.0 Å². The van der Waals surface area contributed by atoms with Gasteiger partial charge < -0.3 is 10.2 Å². The summed E-state index contributed by atoms with van der Waals surface area (Å²) in [6, 6.07) is 5.88. The van der Waals surface area contributed by atoms with Gasteiger partial charge in [0.1, 0.15) is 5.03 Å². The second-order valence-electron chi connectivity index (χ2n) is 7.57. The summed E-state index contributed by atoms with van der Waals surface area (Å²) in [5, 5.41) is 3.65. The van der Waals surface area contributed by atoms with Crippen LogP contribution in [0.15, 0.2) is 28.0 Å². The summed E-state index contributed by atoms with van der Waals surface area (Å²) in [4.78, 5) is 31.3. The van der Waals surface area contributed by atoms with Gasteiger partial charge in [-0.15, -0.1) is 0 Å². The molecule has 0 bridgehead atoms. The van der Waals surface area contributed by atoms with Crippen molar-refractivity contribution < 1.29 is 4.79 Å². The van der Waals surface area contributed by atoms with E-state index in [0.29, 0.717) is 11.6 Å². The van der Waals surface area contributed by atoms with E-state index in [1.54, 1.807) is 0 Å². The van der Waals surface area contributed by atoms with Crippen molar-refractivity contribution >= 4 is 23.4 Å². The van der Waals surface area contributed by atoms with Crippen molar-refractivity contribution in [2.24, 2.45) is 0 Å². The highest BCUT2D eigenvalue weighted by atomic mass is 32.2. The lowest BCUT2D eigenvalue weighted by Gasteiger charge is -2.16. The molecule has 1 N–H and O–H groups in total. The lowest BCUT2D eigenvalue weighted by molar-refractivity contribution is -0.113.